The molecule has 1 aliphatic heterocycles. The molecular formula is C18H20FN5OS2. The van der Waals surface area contributed by atoms with Crippen molar-refractivity contribution in [2.75, 3.05) is 6.54 Å². The van der Waals surface area contributed by atoms with E-state index in [0.29, 0.717) is 35.9 Å². The van der Waals surface area contributed by atoms with Gasteiger partial charge < -0.3 is 4.90 Å². The lowest BCUT2D eigenvalue weighted by molar-refractivity contribution is -0.138. The van der Waals surface area contributed by atoms with Crippen LogP contribution in [0.15, 0.2) is 34.7 Å². The molecule has 4 heterocycles. The molecule has 0 bridgehead atoms. The molecule has 1 fully saturated rings. The monoisotopic (exact) mass is 405 g/mol. The van der Waals surface area contributed by atoms with Crippen LogP contribution in [-0.4, -0.2) is 48.7 Å². The fourth-order valence-corrected chi connectivity index (χ4v) is 4.84. The third-order valence-corrected chi connectivity index (χ3v) is 6.75. The number of thioether (sulfide) groups is 1. The summed E-state index contributed by atoms with van der Waals surface area (Å²) < 4.78 is 15.9. The van der Waals surface area contributed by atoms with Gasteiger partial charge in [0.05, 0.1) is 10.1 Å². The SMILES string of the molecule is CC[C@@H](Sc1ccc2nnc(-c3cccs3)n2n1)C(=O)N1CCCCC1F. The number of nitrogens with zero attached hydrogens (tertiary/aromatic N) is 5. The highest BCUT2D eigenvalue weighted by Gasteiger charge is 2.31. The Morgan fingerprint density at radius 1 is 1.37 bits per heavy atom. The second-order valence-corrected chi connectivity index (χ2v) is 8.59. The standard InChI is InChI=1S/C18H20FN5OS2/c1-2-12(18(25)23-10-4-3-7-14(23)19)27-16-9-8-15-20-21-17(24(15)22-16)13-6-5-11-26-13/h5-6,8-9,11-12,14H,2-4,7,10H2,1H3/t12-,14?/m1/s1. The molecule has 3 aromatic heterocycles. The molecule has 1 amide bonds. The normalized spacial score (nSPS) is 18.7. The van der Waals surface area contributed by atoms with Gasteiger partial charge in [0, 0.05) is 6.54 Å². The van der Waals surface area contributed by atoms with Crippen LogP contribution < -0.4 is 0 Å². The van der Waals surface area contributed by atoms with Crippen molar-refractivity contribution in [3.8, 4) is 10.7 Å². The summed E-state index contributed by atoms with van der Waals surface area (Å²) in [6.45, 7) is 2.44. The van der Waals surface area contributed by atoms with Crippen molar-refractivity contribution in [1.82, 2.24) is 24.7 Å². The highest BCUT2D eigenvalue weighted by atomic mass is 32.2. The van der Waals surface area contributed by atoms with Crippen molar-refractivity contribution in [2.24, 2.45) is 0 Å². The number of hydrogen-bond acceptors (Lipinski definition) is 6. The lowest BCUT2D eigenvalue weighted by Crippen LogP contribution is -2.45. The number of hydrogen-bond donors (Lipinski definition) is 0. The molecule has 0 aromatic carbocycles. The number of carbonyl (C=O) groups is 1. The minimum absolute atomic E-state index is 0.140. The zero-order valence-corrected chi connectivity index (χ0v) is 16.5. The van der Waals surface area contributed by atoms with Crippen LogP contribution in [0.1, 0.15) is 32.6 Å². The lowest BCUT2D eigenvalue weighted by Gasteiger charge is -2.32. The average molecular weight is 406 g/mol. The number of alkyl halides is 1. The molecule has 0 spiro atoms. The Kier molecular flexibility index (Phi) is 5.40. The van der Waals surface area contributed by atoms with Crippen LogP contribution in [0.3, 0.4) is 0 Å². The van der Waals surface area contributed by atoms with E-state index in [1.54, 1.807) is 15.9 Å². The van der Waals surface area contributed by atoms with E-state index in [0.717, 1.165) is 17.7 Å². The fourth-order valence-electron chi connectivity index (χ4n) is 3.17. The Morgan fingerprint density at radius 2 is 2.26 bits per heavy atom. The van der Waals surface area contributed by atoms with Gasteiger partial charge >= 0.3 is 0 Å². The second kappa shape index (κ2) is 7.93. The third-order valence-electron chi connectivity index (χ3n) is 4.60. The number of likely N-dealkylation sites (tertiary alicyclic amines) is 1. The van der Waals surface area contributed by atoms with Crippen molar-refractivity contribution in [1.29, 1.82) is 0 Å². The van der Waals surface area contributed by atoms with Crippen molar-refractivity contribution in [3.05, 3.63) is 29.6 Å². The number of halogens is 1. The molecule has 6 nitrogen and oxygen atoms in total. The van der Waals surface area contributed by atoms with E-state index in [1.807, 2.05) is 36.6 Å². The molecule has 0 N–H and O–H groups in total. The summed E-state index contributed by atoms with van der Waals surface area (Å²) in [6.07, 6.45) is 1.59. The summed E-state index contributed by atoms with van der Waals surface area (Å²) in [5, 5.41) is 15.3. The predicted molar refractivity (Wildman–Crippen MR) is 104 cm³/mol. The molecule has 9 heteroatoms. The van der Waals surface area contributed by atoms with Crippen LogP contribution in [0.25, 0.3) is 16.3 Å². The van der Waals surface area contributed by atoms with Crippen molar-refractivity contribution in [2.45, 2.75) is 49.2 Å². The summed E-state index contributed by atoms with van der Waals surface area (Å²) in [5.74, 6) is 0.542. The second-order valence-electron chi connectivity index (χ2n) is 6.42. The molecule has 1 saturated heterocycles. The van der Waals surface area contributed by atoms with E-state index in [-0.39, 0.29) is 11.2 Å². The Morgan fingerprint density at radius 3 is 3.00 bits per heavy atom. The highest BCUT2D eigenvalue weighted by molar-refractivity contribution is 8.00. The molecule has 2 atom stereocenters. The maximum atomic E-state index is 14.2. The van der Waals surface area contributed by atoms with Crippen molar-refractivity contribution < 1.29 is 9.18 Å². The first-order valence-electron chi connectivity index (χ1n) is 9.05. The summed E-state index contributed by atoms with van der Waals surface area (Å²) >= 11 is 2.95. The van der Waals surface area contributed by atoms with Crippen LogP contribution in [0.4, 0.5) is 4.39 Å². The number of carbonyl (C=O) groups excluding carboxylic acids is 1. The minimum atomic E-state index is -1.17. The van der Waals surface area contributed by atoms with Crippen molar-refractivity contribution >= 4 is 34.7 Å². The van der Waals surface area contributed by atoms with Crippen LogP contribution in [0.5, 0.6) is 0 Å². The van der Waals surface area contributed by atoms with E-state index < -0.39 is 6.30 Å². The van der Waals surface area contributed by atoms with Gasteiger partial charge in [0.15, 0.2) is 17.8 Å². The Balaban J connectivity index is 1.58. The maximum Gasteiger partial charge on any atom is 0.238 e. The van der Waals surface area contributed by atoms with E-state index in [4.69, 9.17) is 0 Å². The quantitative estimate of drug-likeness (QED) is 0.474. The van der Waals surface area contributed by atoms with E-state index in [2.05, 4.69) is 15.3 Å². The highest BCUT2D eigenvalue weighted by Crippen LogP contribution is 2.29. The molecule has 3 aromatic rings. The molecule has 1 unspecified atom stereocenters. The van der Waals surface area contributed by atoms with Gasteiger partial charge in [0.1, 0.15) is 5.03 Å². The topological polar surface area (TPSA) is 63.4 Å². The van der Waals surface area contributed by atoms with Gasteiger partial charge in [-0.2, -0.15) is 9.61 Å². The summed E-state index contributed by atoms with van der Waals surface area (Å²) in [5.41, 5.74) is 0.655. The molecule has 0 saturated carbocycles. The predicted octanol–water partition coefficient (Wildman–Crippen LogP) is 4.03. The molecule has 142 valence electrons. The molecule has 1 aliphatic rings. The number of amides is 1. The number of fused-ring (bicyclic) bond motifs is 1. The average Bonchev–Trinajstić information content (AvgIpc) is 3.35. The van der Waals surface area contributed by atoms with E-state index in [1.165, 1.54) is 16.7 Å². The van der Waals surface area contributed by atoms with Gasteiger partial charge in [-0.05, 0) is 49.3 Å². The zero-order chi connectivity index (χ0) is 18.8. The summed E-state index contributed by atoms with van der Waals surface area (Å²) in [6, 6.07) is 7.61. The van der Waals surface area contributed by atoms with Crippen LogP contribution in [0.2, 0.25) is 0 Å². The van der Waals surface area contributed by atoms with Gasteiger partial charge in [-0.25, -0.2) is 4.39 Å². The van der Waals surface area contributed by atoms with E-state index in [9.17, 15) is 9.18 Å². The lowest BCUT2D eigenvalue weighted by atomic mass is 10.1. The Bertz CT molecular complexity index is 929. The van der Waals surface area contributed by atoms with Gasteiger partial charge in [-0.15, -0.1) is 21.5 Å². The molecule has 0 aliphatic carbocycles. The fraction of sp³-hybridized carbons (Fsp3) is 0.444. The van der Waals surface area contributed by atoms with Crippen LogP contribution in [0, 0.1) is 0 Å². The van der Waals surface area contributed by atoms with E-state index >= 15 is 0 Å². The number of aromatic nitrogens is 4. The number of rotatable bonds is 5. The molecule has 4 rings (SSSR count). The van der Waals surface area contributed by atoms with Gasteiger partial charge in [-0.1, -0.05) is 24.8 Å². The van der Waals surface area contributed by atoms with Gasteiger partial charge in [0.2, 0.25) is 5.91 Å². The maximum absolute atomic E-state index is 14.2. The first kappa shape index (κ1) is 18.4. The zero-order valence-electron chi connectivity index (χ0n) is 14.9. The third kappa shape index (κ3) is 3.70. The first-order chi connectivity index (χ1) is 13.2. The van der Waals surface area contributed by atoms with Crippen molar-refractivity contribution in [3.63, 3.8) is 0 Å². The number of thiophene rings is 1. The molecule has 27 heavy (non-hydrogen) atoms. The summed E-state index contributed by atoms with van der Waals surface area (Å²) in [7, 11) is 0. The Hall–Kier alpha value is -2.00. The van der Waals surface area contributed by atoms with Gasteiger partial charge in [-0.3, -0.25) is 4.79 Å². The smallest absolute Gasteiger partial charge is 0.238 e. The van der Waals surface area contributed by atoms with Crippen LogP contribution in [-0.2, 0) is 4.79 Å². The Labute approximate surface area is 164 Å². The minimum Gasteiger partial charge on any atom is -0.312 e. The number of piperidine rings is 1. The van der Waals surface area contributed by atoms with Crippen LogP contribution >= 0.6 is 23.1 Å². The summed E-state index contributed by atoms with van der Waals surface area (Å²) in [4.78, 5) is 15.2. The first-order valence-corrected chi connectivity index (χ1v) is 10.8. The largest absolute Gasteiger partial charge is 0.312 e. The molecular weight excluding hydrogens is 385 g/mol. The van der Waals surface area contributed by atoms with Gasteiger partial charge in [0.25, 0.3) is 0 Å². The molecule has 0 radical (unpaired) electrons.